The molecule has 1 amide bonds. The zero-order valence-corrected chi connectivity index (χ0v) is 15.6. The standard InChI is InChI=1S/C17H15Cl2NO4S/c1-23-11-5-7-12(8-6-11)25-10-16(22)24-9-15(21)20-17-13(18)3-2-4-14(17)19/h2-8H,9-10H2,1H3,(H,20,21). The highest BCUT2D eigenvalue weighted by molar-refractivity contribution is 8.00. The highest BCUT2D eigenvalue weighted by atomic mass is 35.5. The van der Waals surface area contributed by atoms with Crippen molar-refractivity contribution >= 4 is 52.5 Å². The third kappa shape index (κ3) is 6.16. The Morgan fingerprint density at radius 1 is 1.08 bits per heavy atom. The van der Waals surface area contributed by atoms with E-state index in [1.54, 1.807) is 37.4 Å². The number of nitrogens with one attached hydrogen (secondary N) is 1. The summed E-state index contributed by atoms with van der Waals surface area (Å²) in [6.07, 6.45) is 0. The Kier molecular flexibility index (Phi) is 7.43. The van der Waals surface area contributed by atoms with E-state index in [2.05, 4.69) is 5.32 Å². The minimum atomic E-state index is -0.516. The molecular weight excluding hydrogens is 385 g/mol. The van der Waals surface area contributed by atoms with Gasteiger partial charge in [0.2, 0.25) is 0 Å². The summed E-state index contributed by atoms with van der Waals surface area (Å²) in [6.45, 7) is -0.413. The molecule has 2 aromatic rings. The molecule has 0 atom stereocenters. The summed E-state index contributed by atoms with van der Waals surface area (Å²) in [5.41, 5.74) is 0.291. The Hall–Kier alpha value is -1.89. The summed E-state index contributed by atoms with van der Waals surface area (Å²) in [7, 11) is 1.58. The van der Waals surface area contributed by atoms with Gasteiger partial charge in [0.15, 0.2) is 6.61 Å². The largest absolute Gasteiger partial charge is 0.497 e. The minimum absolute atomic E-state index is 0.0897. The van der Waals surface area contributed by atoms with Crippen molar-refractivity contribution in [3.8, 4) is 5.75 Å². The lowest BCUT2D eigenvalue weighted by atomic mass is 10.3. The maximum atomic E-state index is 11.8. The molecule has 0 heterocycles. The molecule has 0 aliphatic heterocycles. The molecule has 8 heteroatoms. The number of halogens is 2. The van der Waals surface area contributed by atoms with Gasteiger partial charge in [-0.3, -0.25) is 9.59 Å². The number of thioether (sulfide) groups is 1. The zero-order chi connectivity index (χ0) is 18.2. The number of methoxy groups -OCH3 is 1. The van der Waals surface area contributed by atoms with Crippen LogP contribution in [0.4, 0.5) is 5.69 Å². The van der Waals surface area contributed by atoms with Crippen LogP contribution in [-0.4, -0.2) is 31.3 Å². The first-order valence-electron chi connectivity index (χ1n) is 7.16. The fourth-order valence-corrected chi connectivity index (χ4v) is 2.98. The molecule has 0 fully saturated rings. The highest BCUT2D eigenvalue weighted by Gasteiger charge is 2.12. The summed E-state index contributed by atoms with van der Waals surface area (Å²) in [6, 6.07) is 12.1. The Morgan fingerprint density at radius 3 is 2.32 bits per heavy atom. The number of carbonyl (C=O) groups is 2. The minimum Gasteiger partial charge on any atom is -0.497 e. The average molecular weight is 400 g/mol. The molecule has 0 aliphatic rings. The molecule has 25 heavy (non-hydrogen) atoms. The van der Waals surface area contributed by atoms with Gasteiger partial charge >= 0.3 is 5.97 Å². The van der Waals surface area contributed by atoms with E-state index in [1.165, 1.54) is 11.8 Å². The van der Waals surface area contributed by atoms with Gasteiger partial charge in [0.25, 0.3) is 5.91 Å². The van der Waals surface area contributed by atoms with Gasteiger partial charge in [-0.05, 0) is 36.4 Å². The van der Waals surface area contributed by atoms with Gasteiger partial charge in [0.05, 0.1) is 28.6 Å². The molecule has 1 N–H and O–H groups in total. The lowest BCUT2D eigenvalue weighted by molar-refractivity contribution is -0.144. The summed E-state index contributed by atoms with van der Waals surface area (Å²) in [5, 5.41) is 3.13. The van der Waals surface area contributed by atoms with Crippen LogP contribution in [-0.2, 0) is 14.3 Å². The normalized spacial score (nSPS) is 10.2. The number of amides is 1. The molecule has 132 valence electrons. The van der Waals surface area contributed by atoms with E-state index in [-0.39, 0.29) is 5.75 Å². The fourth-order valence-electron chi connectivity index (χ4n) is 1.79. The summed E-state index contributed by atoms with van der Waals surface area (Å²) >= 11 is 13.2. The van der Waals surface area contributed by atoms with Crippen molar-refractivity contribution in [2.45, 2.75) is 4.90 Å². The Balaban J connectivity index is 1.76. The second-order valence-corrected chi connectivity index (χ2v) is 6.63. The van der Waals surface area contributed by atoms with Crippen LogP contribution in [0.1, 0.15) is 0 Å². The quantitative estimate of drug-likeness (QED) is 0.555. The molecule has 0 spiro atoms. The molecule has 5 nitrogen and oxygen atoms in total. The van der Waals surface area contributed by atoms with Crippen LogP contribution in [0, 0.1) is 0 Å². The molecule has 0 saturated heterocycles. The number of para-hydroxylation sites is 1. The van der Waals surface area contributed by atoms with E-state index in [1.807, 2.05) is 12.1 Å². The SMILES string of the molecule is COc1ccc(SCC(=O)OCC(=O)Nc2c(Cl)cccc2Cl)cc1. The van der Waals surface area contributed by atoms with Gasteiger partial charge in [-0.25, -0.2) is 0 Å². The number of ether oxygens (including phenoxy) is 2. The van der Waals surface area contributed by atoms with Gasteiger partial charge in [-0.1, -0.05) is 29.3 Å². The number of anilines is 1. The number of benzene rings is 2. The second kappa shape index (κ2) is 9.56. The topological polar surface area (TPSA) is 64.6 Å². The van der Waals surface area contributed by atoms with Crippen LogP contribution in [0.15, 0.2) is 47.4 Å². The predicted molar refractivity (Wildman–Crippen MR) is 99.8 cm³/mol. The van der Waals surface area contributed by atoms with E-state index in [0.717, 1.165) is 10.6 Å². The molecule has 0 bridgehead atoms. The first-order chi connectivity index (χ1) is 12.0. The third-order valence-electron chi connectivity index (χ3n) is 3.01. The van der Waals surface area contributed by atoms with E-state index < -0.39 is 18.5 Å². The Labute approximate surface area is 159 Å². The van der Waals surface area contributed by atoms with Gasteiger partial charge in [-0.15, -0.1) is 11.8 Å². The number of esters is 1. The van der Waals surface area contributed by atoms with E-state index in [4.69, 9.17) is 32.7 Å². The van der Waals surface area contributed by atoms with Crippen LogP contribution in [0.2, 0.25) is 10.0 Å². The summed E-state index contributed by atoms with van der Waals surface area (Å²) in [4.78, 5) is 24.5. The second-order valence-electron chi connectivity index (χ2n) is 4.77. The molecule has 0 aliphatic carbocycles. The Bertz CT molecular complexity index is 733. The molecule has 0 unspecified atom stereocenters. The lowest BCUT2D eigenvalue weighted by Gasteiger charge is -2.09. The van der Waals surface area contributed by atoms with E-state index >= 15 is 0 Å². The van der Waals surface area contributed by atoms with Crippen LogP contribution in [0.5, 0.6) is 5.75 Å². The number of carbonyl (C=O) groups excluding carboxylic acids is 2. The van der Waals surface area contributed by atoms with Crippen molar-refractivity contribution in [2.75, 3.05) is 24.8 Å². The predicted octanol–water partition coefficient (Wildman–Crippen LogP) is 4.28. The molecule has 0 radical (unpaired) electrons. The fraction of sp³-hybridized carbons (Fsp3) is 0.176. The van der Waals surface area contributed by atoms with Gasteiger partial charge in [-0.2, -0.15) is 0 Å². The maximum Gasteiger partial charge on any atom is 0.316 e. The van der Waals surface area contributed by atoms with Gasteiger partial charge in [0, 0.05) is 4.90 Å². The Morgan fingerprint density at radius 2 is 1.72 bits per heavy atom. The van der Waals surface area contributed by atoms with Crippen molar-refractivity contribution in [1.82, 2.24) is 0 Å². The first-order valence-corrected chi connectivity index (χ1v) is 8.90. The third-order valence-corrected chi connectivity index (χ3v) is 4.62. The van der Waals surface area contributed by atoms with Crippen molar-refractivity contribution < 1.29 is 19.1 Å². The van der Waals surface area contributed by atoms with Crippen molar-refractivity contribution in [3.63, 3.8) is 0 Å². The monoisotopic (exact) mass is 399 g/mol. The molecule has 0 saturated carbocycles. The van der Waals surface area contributed by atoms with Crippen molar-refractivity contribution in [1.29, 1.82) is 0 Å². The lowest BCUT2D eigenvalue weighted by Crippen LogP contribution is -2.22. The molecule has 2 aromatic carbocycles. The number of hydrogen-bond donors (Lipinski definition) is 1. The van der Waals surface area contributed by atoms with E-state index in [9.17, 15) is 9.59 Å². The first kappa shape index (κ1) is 19.4. The molecule has 0 aromatic heterocycles. The van der Waals surface area contributed by atoms with Gasteiger partial charge < -0.3 is 14.8 Å². The van der Waals surface area contributed by atoms with Crippen LogP contribution < -0.4 is 10.1 Å². The van der Waals surface area contributed by atoms with Crippen LogP contribution >= 0.6 is 35.0 Å². The van der Waals surface area contributed by atoms with Crippen LogP contribution in [0.25, 0.3) is 0 Å². The van der Waals surface area contributed by atoms with Crippen molar-refractivity contribution in [2.24, 2.45) is 0 Å². The molecule has 2 rings (SSSR count). The molecular formula is C17H15Cl2NO4S. The summed E-state index contributed by atoms with van der Waals surface area (Å²) < 4.78 is 10.0. The highest BCUT2D eigenvalue weighted by Crippen LogP contribution is 2.29. The van der Waals surface area contributed by atoms with Crippen molar-refractivity contribution in [3.05, 3.63) is 52.5 Å². The van der Waals surface area contributed by atoms with E-state index in [0.29, 0.717) is 15.7 Å². The van der Waals surface area contributed by atoms with Gasteiger partial charge in [0.1, 0.15) is 5.75 Å². The number of rotatable bonds is 7. The van der Waals surface area contributed by atoms with Crippen LogP contribution in [0.3, 0.4) is 0 Å². The summed E-state index contributed by atoms with van der Waals surface area (Å²) in [5.74, 6) is -0.187. The smallest absolute Gasteiger partial charge is 0.316 e. The number of hydrogen-bond acceptors (Lipinski definition) is 5. The maximum absolute atomic E-state index is 11.8. The average Bonchev–Trinajstić information content (AvgIpc) is 2.62. The zero-order valence-electron chi connectivity index (χ0n) is 13.3.